The molecule has 2 amide bonds. The first-order chi connectivity index (χ1) is 15.3. The summed E-state index contributed by atoms with van der Waals surface area (Å²) in [5.41, 5.74) is 0.264. The number of nitro groups is 1. The van der Waals surface area contributed by atoms with Crippen molar-refractivity contribution < 1.29 is 19.6 Å². The molecule has 1 saturated heterocycles. The van der Waals surface area contributed by atoms with Crippen molar-refractivity contribution in [3.8, 4) is 5.75 Å². The number of aromatic amines is 1. The molecular formula is C20H12BrN3O6S2. The number of phenolic OH excluding ortho intramolecular Hbond substituents is 1. The lowest BCUT2D eigenvalue weighted by Gasteiger charge is -2.30. The second-order valence-corrected chi connectivity index (χ2v) is 10.3. The van der Waals surface area contributed by atoms with Gasteiger partial charge in [0.15, 0.2) is 0 Å². The topological polar surface area (TPSA) is 134 Å². The highest BCUT2D eigenvalue weighted by Gasteiger charge is 2.56. The smallest absolute Gasteiger partial charge is 0.305 e. The molecule has 1 fully saturated rings. The van der Waals surface area contributed by atoms with Gasteiger partial charge in [-0.2, -0.15) is 0 Å². The molecule has 12 heteroatoms. The summed E-state index contributed by atoms with van der Waals surface area (Å²) in [6.45, 7) is 0. The minimum atomic E-state index is -0.942. The first-order valence-electron chi connectivity index (χ1n) is 9.26. The van der Waals surface area contributed by atoms with Crippen LogP contribution in [0, 0.1) is 16.0 Å². The summed E-state index contributed by atoms with van der Waals surface area (Å²) in [5, 5.41) is 21.5. The number of hydrogen-bond donors (Lipinski definition) is 2. The average Bonchev–Trinajstić information content (AvgIpc) is 3.24. The van der Waals surface area contributed by atoms with E-state index < -0.39 is 33.8 Å². The van der Waals surface area contributed by atoms with Crippen molar-refractivity contribution in [1.29, 1.82) is 0 Å². The van der Waals surface area contributed by atoms with Crippen LogP contribution in [0.5, 0.6) is 5.75 Å². The molecule has 3 heterocycles. The lowest BCUT2D eigenvalue weighted by molar-refractivity contribution is -0.385. The molecule has 2 aromatic carbocycles. The zero-order chi connectivity index (χ0) is 22.7. The third kappa shape index (κ3) is 3.17. The van der Waals surface area contributed by atoms with Gasteiger partial charge in [-0.3, -0.25) is 24.5 Å². The van der Waals surface area contributed by atoms with Crippen molar-refractivity contribution in [2.75, 3.05) is 4.90 Å². The number of aromatic hydroxyl groups is 1. The zero-order valence-corrected chi connectivity index (χ0v) is 19.1. The minimum Gasteiger partial charge on any atom is -0.508 e. The van der Waals surface area contributed by atoms with E-state index in [1.54, 1.807) is 24.3 Å². The average molecular weight is 534 g/mol. The van der Waals surface area contributed by atoms with E-state index in [0.717, 1.165) is 38.5 Å². The fourth-order valence-electron chi connectivity index (χ4n) is 4.10. The number of imide groups is 1. The summed E-state index contributed by atoms with van der Waals surface area (Å²) in [5.74, 6) is -3.02. The molecule has 1 aromatic heterocycles. The molecule has 0 radical (unpaired) electrons. The first-order valence-corrected chi connectivity index (χ1v) is 11.8. The van der Waals surface area contributed by atoms with Crippen molar-refractivity contribution in [2.24, 2.45) is 5.92 Å². The predicted octanol–water partition coefficient (Wildman–Crippen LogP) is 3.61. The van der Waals surface area contributed by atoms with Gasteiger partial charge < -0.3 is 10.1 Å². The van der Waals surface area contributed by atoms with Gasteiger partial charge in [0.05, 0.1) is 21.6 Å². The largest absolute Gasteiger partial charge is 0.508 e. The number of phenols is 1. The van der Waals surface area contributed by atoms with Gasteiger partial charge in [0, 0.05) is 33.0 Å². The predicted molar refractivity (Wildman–Crippen MR) is 121 cm³/mol. The zero-order valence-electron chi connectivity index (χ0n) is 15.9. The van der Waals surface area contributed by atoms with Crippen LogP contribution in [0.15, 0.2) is 56.8 Å². The van der Waals surface area contributed by atoms with Crippen molar-refractivity contribution >= 4 is 62.2 Å². The number of thiazole rings is 1. The van der Waals surface area contributed by atoms with E-state index in [-0.39, 0.29) is 21.9 Å². The van der Waals surface area contributed by atoms with Crippen LogP contribution in [0.2, 0.25) is 0 Å². The normalized spacial score (nSPS) is 22.0. The van der Waals surface area contributed by atoms with E-state index in [0.29, 0.717) is 15.6 Å². The quantitative estimate of drug-likeness (QED) is 0.298. The molecule has 3 aromatic rings. The Labute approximate surface area is 196 Å². The summed E-state index contributed by atoms with van der Waals surface area (Å²) in [6.07, 6.45) is 0. The van der Waals surface area contributed by atoms with E-state index in [4.69, 9.17) is 0 Å². The Morgan fingerprint density at radius 3 is 2.50 bits per heavy atom. The number of aromatic nitrogens is 1. The number of nitrogens with one attached hydrogen (secondary N) is 1. The summed E-state index contributed by atoms with van der Waals surface area (Å²) in [4.78, 5) is 53.6. The van der Waals surface area contributed by atoms with Crippen molar-refractivity contribution in [3.63, 3.8) is 0 Å². The van der Waals surface area contributed by atoms with E-state index >= 15 is 0 Å². The number of fused-ring (bicyclic) bond motifs is 2. The second-order valence-electron chi connectivity index (χ2n) is 7.24. The third-order valence-electron chi connectivity index (χ3n) is 5.47. The molecule has 9 nitrogen and oxygen atoms in total. The lowest BCUT2D eigenvalue weighted by Crippen LogP contribution is -2.32. The van der Waals surface area contributed by atoms with Crippen LogP contribution in [-0.2, 0) is 9.59 Å². The van der Waals surface area contributed by atoms with Crippen LogP contribution in [0.1, 0.15) is 16.4 Å². The number of carbonyl (C=O) groups is 2. The summed E-state index contributed by atoms with van der Waals surface area (Å²) in [6, 6.07) is 10.2. The Balaban J connectivity index is 1.69. The van der Waals surface area contributed by atoms with Gasteiger partial charge in [-0.25, -0.2) is 4.90 Å². The molecule has 0 unspecified atom stereocenters. The van der Waals surface area contributed by atoms with Gasteiger partial charge in [0.2, 0.25) is 11.8 Å². The van der Waals surface area contributed by atoms with Crippen LogP contribution in [-0.4, -0.2) is 32.1 Å². The molecule has 32 heavy (non-hydrogen) atoms. The summed E-state index contributed by atoms with van der Waals surface area (Å²) in [7, 11) is 0. The van der Waals surface area contributed by atoms with Gasteiger partial charge in [0.1, 0.15) is 11.0 Å². The van der Waals surface area contributed by atoms with Crippen molar-refractivity contribution in [3.05, 3.63) is 77.2 Å². The lowest BCUT2D eigenvalue weighted by atomic mass is 9.82. The van der Waals surface area contributed by atoms with Crippen LogP contribution < -0.4 is 9.77 Å². The molecule has 0 bridgehead atoms. The van der Waals surface area contributed by atoms with Gasteiger partial charge in [-0.15, -0.1) is 0 Å². The Kier molecular flexibility index (Phi) is 4.95. The highest BCUT2D eigenvalue weighted by molar-refractivity contribution is 9.10. The second kappa shape index (κ2) is 7.57. The van der Waals surface area contributed by atoms with Crippen LogP contribution >= 0.6 is 39.0 Å². The van der Waals surface area contributed by atoms with Crippen molar-refractivity contribution in [1.82, 2.24) is 4.98 Å². The molecule has 0 spiro atoms. The Bertz CT molecular complexity index is 1350. The molecule has 5 rings (SSSR count). The number of rotatable bonds is 3. The van der Waals surface area contributed by atoms with E-state index in [1.807, 2.05) is 0 Å². The number of H-pyrrole nitrogens is 1. The maximum absolute atomic E-state index is 13.5. The molecular weight excluding hydrogens is 522 g/mol. The molecule has 3 atom stereocenters. The molecule has 162 valence electrons. The SMILES string of the molecule is O=C1[C@H]2[C@H](c3cc([N+](=O)[O-])ccc3O)c3sc(=O)[nH]c3S[C@@H]2C(=O)N1c1ccc(Br)cc1. The van der Waals surface area contributed by atoms with Crippen LogP contribution in [0.3, 0.4) is 0 Å². The number of amides is 2. The van der Waals surface area contributed by atoms with Crippen LogP contribution in [0.25, 0.3) is 0 Å². The van der Waals surface area contributed by atoms with Gasteiger partial charge in [-0.05, 0) is 30.3 Å². The number of halogens is 1. The number of non-ortho nitro benzene ring substituents is 1. The highest BCUT2D eigenvalue weighted by atomic mass is 79.9. The first kappa shape index (κ1) is 20.9. The van der Waals surface area contributed by atoms with E-state index in [9.17, 15) is 29.6 Å². The molecule has 0 aliphatic carbocycles. The van der Waals surface area contributed by atoms with E-state index in [2.05, 4.69) is 20.9 Å². The number of nitro benzene ring substituents is 1. The summed E-state index contributed by atoms with van der Waals surface area (Å²) >= 11 is 5.29. The van der Waals surface area contributed by atoms with E-state index in [1.165, 1.54) is 12.1 Å². The number of carbonyl (C=O) groups excluding carboxylic acids is 2. The van der Waals surface area contributed by atoms with Crippen molar-refractivity contribution in [2.45, 2.75) is 16.2 Å². The maximum atomic E-state index is 13.5. The molecule has 2 aliphatic heterocycles. The number of thioether (sulfide) groups is 1. The number of benzene rings is 2. The van der Waals surface area contributed by atoms with Gasteiger partial charge in [0.25, 0.3) is 5.69 Å². The Morgan fingerprint density at radius 1 is 1.09 bits per heavy atom. The molecule has 0 saturated carbocycles. The highest BCUT2D eigenvalue weighted by Crippen LogP contribution is 2.54. The fourth-order valence-corrected chi connectivity index (χ4v) is 6.87. The number of anilines is 1. The Hall–Kier alpha value is -2.96. The number of hydrogen-bond acceptors (Lipinski definition) is 8. The molecule has 2 N–H and O–H groups in total. The minimum absolute atomic E-state index is 0.129. The Morgan fingerprint density at radius 2 is 1.81 bits per heavy atom. The standard InChI is InChI=1S/C20H12BrN3O6S2/c21-8-1-3-9(4-2-8)23-18(26)14-13(11-7-10(24(29)30)5-6-12(11)25)15-17(22-20(28)32-15)31-16(14)19(23)27/h1-7,13-14,16,25H,(H,22,28)/t13-,14-,16-/m0/s1. The monoisotopic (exact) mass is 533 g/mol. The molecule has 2 aliphatic rings. The number of nitrogens with zero attached hydrogens (tertiary/aromatic N) is 2. The third-order valence-corrected chi connectivity index (χ3v) is 8.40. The van der Waals surface area contributed by atoms with Crippen LogP contribution in [0.4, 0.5) is 11.4 Å². The maximum Gasteiger partial charge on any atom is 0.305 e. The van der Waals surface area contributed by atoms with Gasteiger partial charge in [-0.1, -0.05) is 39.0 Å². The van der Waals surface area contributed by atoms with Gasteiger partial charge >= 0.3 is 4.87 Å². The fraction of sp³-hybridized carbons (Fsp3) is 0.150. The summed E-state index contributed by atoms with van der Waals surface area (Å²) < 4.78 is 0.784.